The lowest BCUT2D eigenvalue weighted by molar-refractivity contribution is 0.537. The van der Waals surface area contributed by atoms with E-state index in [-0.39, 0.29) is 0 Å². The monoisotopic (exact) mass is 221 g/mol. The van der Waals surface area contributed by atoms with Crippen molar-refractivity contribution in [3.05, 3.63) is 42.5 Å². The molecule has 1 heterocycles. The lowest BCUT2D eigenvalue weighted by Gasteiger charge is -2.10. The van der Waals surface area contributed by atoms with Gasteiger partial charge in [-0.15, -0.1) is 0 Å². The molecule has 1 unspecified atom stereocenters. The molecule has 2 aromatic rings. The van der Waals surface area contributed by atoms with E-state index in [0.717, 1.165) is 11.3 Å². The zero-order valence-corrected chi connectivity index (χ0v) is 8.90. The van der Waals surface area contributed by atoms with E-state index in [1.165, 1.54) is 0 Å². The predicted molar refractivity (Wildman–Crippen MR) is 55.5 cm³/mol. The molecule has 4 nitrogen and oxygen atoms in total. The van der Waals surface area contributed by atoms with Crippen LogP contribution in [0.5, 0.6) is 0 Å². The van der Waals surface area contributed by atoms with E-state index in [4.69, 9.17) is 0 Å². The molecule has 0 radical (unpaired) electrons. The summed E-state index contributed by atoms with van der Waals surface area (Å²) >= 11 is -2.17. The van der Waals surface area contributed by atoms with E-state index >= 15 is 0 Å². The summed E-state index contributed by atoms with van der Waals surface area (Å²) in [4.78, 5) is 4.24. The van der Waals surface area contributed by atoms with E-state index < -0.39 is 11.1 Å². The molecule has 0 fully saturated rings. The third-order valence-electron chi connectivity index (χ3n) is 2.14. The topological polar surface area (TPSA) is 57.9 Å². The summed E-state index contributed by atoms with van der Waals surface area (Å²) in [7, 11) is 0. The van der Waals surface area contributed by atoms with Crippen molar-refractivity contribution < 1.29 is 8.76 Å². The molecular formula is C10H9N2O2S-. The van der Waals surface area contributed by atoms with Crippen molar-refractivity contribution in [2.75, 3.05) is 0 Å². The fraction of sp³-hybridized carbons (Fsp3) is 0.100. The molecule has 0 aliphatic carbocycles. The van der Waals surface area contributed by atoms with Crippen molar-refractivity contribution in [1.82, 2.24) is 9.55 Å². The van der Waals surface area contributed by atoms with Crippen LogP contribution >= 0.6 is 0 Å². The molecule has 0 N–H and O–H groups in total. The van der Waals surface area contributed by atoms with Crippen molar-refractivity contribution in [1.29, 1.82) is 0 Å². The van der Waals surface area contributed by atoms with Crippen LogP contribution in [0, 0.1) is 6.92 Å². The number of imidazole rings is 1. The Hall–Kier alpha value is -1.46. The number of aryl methyl sites for hydroxylation is 1. The Morgan fingerprint density at radius 2 is 2.27 bits per heavy atom. The molecule has 1 atom stereocenters. The Bertz CT molecular complexity index is 494. The maximum Gasteiger partial charge on any atom is 0.0991 e. The Balaban J connectivity index is 2.48. The fourth-order valence-electron chi connectivity index (χ4n) is 1.42. The average molecular weight is 221 g/mol. The minimum absolute atomic E-state index is 0.302. The summed E-state index contributed by atoms with van der Waals surface area (Å²) in [5.74, 6) is 0. The first kappa shape index (κ1) is 10.1. The van der Waals surface area contributed by atoms with Crippen LogP contribution < -0.4 is 0 Å². The van der Waals surface area contributed by atoms with Crippen molar-refractivity contribution in [3.63, 3.8) is 0 Å². The first-order valence-corrected chi connectivity index (χ1v) is 5.44. The zero-order chi connectivity index (χ0) is 10.8. The van der Waals surface area contributed by atoms with E-state index in [9.17, 15) is 8.76 Å². The van der Waals surface area contributed by atoms with Gasteiger partial charge in [-0.25, -0.2) is 4.98 Å². The highest BCUT2D eigenvalue weighted by molar-refractivity contribution is 7.79. The number of nitrogens with zero attached hydrogens (tertiary/aromatic N) is 2. The molecule has 0 saturated carbocycles. The van der Waals surface area contributed by atoms with Gasteiger partial charge in [-0.3, -0.25) is 4.21 Å². The number of benzene rings is 1. The minimum Gasteiger partial charge on any atom is -0.768 e. The summed E-state index contributed by atoms with van der Waals surface area (Å²) < 4.78 is 23.3. The van der Waals surface area contributed by atoms with Gasteiger partial charge in [0.05, 0.1) is 6.33 Å². The number of hydrogen-bond donors (Lipinski definition) is 0. The molecule has 0 spiro atoms. The lowest BCUT2D eigenvalue weighted by Crippen LogP contribution is -1.96. The molecular weight excluding hydrogens is 212 g/mol. The molecule has 15 heavy (non-hydrogen) atoms. The van der Waals surface area contributed by atoms with Crippen LogP contribution in [0.15, 0.2) is 41.8 Å². The molecule has 0 saturated heterocycles. The van der Waals surface area contributed by atoms with E-state index in [1.807, 2.05) is 17.7 Å². The van der Waals surface area contributed by atoms with Crippen LogP contribution in [0.3, 0.4) is 0 Å². The predicted octanol–water partition coefficient (Wildman–Crippen LogP) is 1.42. The van der Waals surface area contributed by atoms with E-state index in [1.54, 1.807) is 30.7 Å². The van der Waals surface area contributed by atoms with Gasteiger partial charge in [0.25, 0.3) is 0 Å². The SMILES string of the molecule is Cc1cc(S(=O)[O-])ccc1-n1ccnc1. The van der Waals surface area contributed by atoms with Crippen LogP contribution in [-0.2, 0) is 11.1 Å². The van der Waals surface area contributed by atoms with Gasteiger partial charge < -0.3 is 9.12 Å². The van der Waals surface area contributed by atoms with Crippen molar-refractivity contribution in [3.8, 4) is 5.69 Å². The smallest absolute Gasteiger partial charge is 0.0991 e. The Kier molecular flexibility index (Phi) is 2.66. The molecule has 0 amide bonds. The molecule has 0 bridgehead atoms. The standard InChI is InChI=1S/C10H10N2O2S/c1-8-6-9(15(13)14)2-3-10(8)12-5-4-11-7-12/h2-7H,1H3,(H,13,14)/p-1. The second-order valence-electron chi connectivity index (χ2n) is 3.15. The Labute approximate surface area is 89.9 Å². The van der Waals surface area contributed by atoms with Gasteiger partial charge >= 0.3 is 0 Å². The fourth-order valence-corrected chi connectivity index (χ4v) is 1.88. The molecule has 2 rings (SSSR count). The summed E-state index contributed by atoms with van der Waals surface area (Å²) in [6, 6.07) is 4.98. The summed E-state index contributed by atoms with van der Waals surface area (Å²) in [6.45, 7) is 1.87. The maximum absolute atomic E-state index is 10.7. The number of aromatic nitrogens is 2. The zero-order valence-electron chi connectivity index (χ0n) is 8.08. The van der Waals surface area contributed by atoms with Crippen LogP contribution in [0.4, 0.5) is 0 Å². The van der Waals surface area contributed by atoms with Gasteiger partial charge in [-0.2, -0.15) is 0 Å². The second kappa shape index (κ2) is 3.96. The molecule has 78 valence electrons. The normalized spacial score (nSPS) is 12.7. The highest BCUT2D eigenvalue weighted by Gasteiger charge is 2.01. The van der Waals surface area contributed by atoms with Crippen molar-refractivity contribution >= 4 is 11.1 Å². The second-order valence-corrected chi connectivity index (χ2v) is 4.09. The summed E-state index contributed by atoms with van der Waals surface area (Å²) in [6.07, 6.45) is 5.17. The van der Waals surface area contributed by atoms with Gasteiger partial charge in [0.15, 0.2) is 0 Å². The third kappa shape index (κ3) is 1.98. The highest BCUT2D eigenvalue weighted by atomic mass is 32.2. The van der Waals surface area contributed by atoms with Gasteiger partial charge in [0.1, 0.15) is 0 Å². The minimum atomic E-state index is -2.17. The maximum atomic E-state index is 10.7. The summed E-state index contributed by atoms with van der Waals surface area (Å²) in [5, 5.41) is 0. The molecule has 1 aromatic carbocycles. The molecule has 0 aliphatic heterocycles. The average Bonchev–Trinajstić information content (AvgIpc) is 2.70. The number of rotatable bonds is 2. The largest absolute Gasteiger partial charge is 0.768 e. The first-order chi connectivity index (χ1) is 7.18. The van der Waals surface area contributed by atoms with Gasteiger partial charge in [-0.1, -0.05) is 0 Å². The van der Waals surface area contributed by atoms with Gasteiger partial charge in [0.2, 0.25) is 0 Å². The first-order valence-electron chi connectivity index (χ1n) is 4.37. The Morgan fingerprint density at radius 3 is 2.80 bits per heavy atom. The van der Waals surface area contributed by atoms with E-state index in [0.29, 0.717) is 4.90 Å². The lowest BCUT2D eigenvalue weighted by atomic mass is 10.2. The number of hydrogen-bond acceptors (Lipinski definition) is 3. The molecule has 0 aliphatic rings. The van der Waals surface area contributed by atoms with Crippen LogP contribution in [0.1, 0.15) is 5.56 Å². The summed E-state index contributed by atoms with van der Waals surface area (Å²) in [5.41, 5.74) is 1.83. The van der Waals surface area contributed by atoms with Crippen LogP contribution in [0.2, 0.25) is 0 Å². The van der Waals surface area contributed by atoms with Crippen LogP contribution in [-0.4, -0.2) is 18.3 Å². The quantitative estimate of drug-likeness (QED) is 0.720. The van der Waals surface area contributed by atoms with Crippen LogP contribution in [0.25, 0.3) is 5.69 Å². The highest BCUT2D eigenvalue weighted by Crippen LogP contribution is 2.16. The molecule has 5 heteroatoms. The van der Waals surface area contributed by atoms with Gasteiger partial charge in [-0.05, 0) is 41.8 Å². The van der Waals surface area contributed by atoms with Crippen molar-refractivity contribution in [2.24, 2.45) is 0 Å². The van der Waals surface area contributed by atoms with E-state index in [2.05, 4.69) is 4.98 Å². The van der Waals surface area contributed by atoms with Crippen molar-refractivity contribution in [2.45, 2.75) is 11.8 Å². The molecule has 1 aromatic heterocycles. The third-order valence-corrected chi connectivity index (χ3v) is 2.78. The van der Waals surface area contributed by atoms with Gasteiger partial charge in [0, 0.05) is 23.0 Å². The Morgan fingerprint density at radius 1 is 1.47 bits per heavy atom.